The predicted molar refractivity (Wildman–Crippen MR) is 101 cm³/mol. The van der Waals surface area contributed by atoms with Gasteiger partial charge in [0, 0.05) is 44.2 Å². The van der Waals surface area contributed by atoms with Crippen molar-refractivity contribution in [2.75, 3.05) is 44.2 Å². The fourth-order valence-corrected chi connectivity index (χ4v) is 4.65. The predicted octanol–water partition coefficient (Wildman–Crippen LogP) is 2.10. The van der Waals surface area contributed by atoms with E-state index in [1.807, 2.05) is 12.1 Å². The van der Waals surface area contributed by atoms with Gasteiger partial charge in [0.2, 0.25) is 0 Å². The van der Waals surface area contributed by atoms with E-state index in [2.05, 4.69) is 15.1 Å². The minimum absolute atomic E-state index is 0.680. The lowest BCUT2D eigenvalue weighted by Gasteiger charge is -2.45. The van der Waals surface area contributed by atoms with Gasteiger partial charge >= 0.3 is 0 Å². The Balaban J connectivity index is 1.53. The van der Waals surface area contributed by atoms with Crippen LogP contribution in [0, 0.1) is 0 Å². The molecule has 3 aliphatic rings. The van der Waals surface area contributed by atoms with Gasteiger partial charge in [-0.15, -0.1) is 0 Å². The summed E-state index contributed by atoms with van der Waals surface area (Å²) in [7, 11) is 0. The Hall–Kier alpha value is -1.92. The normalized spacial score (nSPS) is 24.0. The van der Waals surface area contributed by atoms with Gasteiger partial charge in [0.1, 0.15) is 5.82 Å². The molecule has 2 fully saturated rings. The largest absolute Gasteiger partial charge is 0.461 e. The van der Waals surface area contributed by atoms with E-state index in [-0.39, 0.29) is 0 Å². The van der Waals surface area contributed by atoms with Gasteiger partial charge in [-0.05, 0) is 44.5 Å². The highest BCUT2D eigenvalue weighted by Crippen LogP contribution is 2.30. The number of anilines is 1. The van der Waals surface area contributed by atoms with Crippen molar-refractivity contribution in [1.82, 2.24) is 20.2 Å². The topological polar surface area (TPSA) is 57.4 Å². The molecule has 3 aliphatic heterocycles. The molecule has 6 nitrogen and oxygen atoms in total. The van der Waals surface area contributed by atoms with E-state index in [9.17, 15) is 0 Å². The summed E-state index contributed by atoms with van der Waals surface area (Å²) in [5, 5.41) is 3.51. The number of nitrogens with one attached hydrogen (secondary N) is 1. The first-order valence-electron chi connectivity index (χ1n) is 10.0. The Kier molecular flexibility index (Phi) is 4.38. The van der Waals surface area contributed by atoms with Crippen molar-refractivity contribution in [2.24, 2.45) is 0 Å². The van der Waals surface area contributed by atoms with Crippen molar-refractivity contribution in [3.8, 4) is 11.6 Å². The third kappa shape index (κ3) is 3.01. The molecule has 0 saturated carbocycles. The molecule has 1 N–H and O–H groups in total. The van der Waals surface area contributed by atoms with Crippen molar-refractivity contribution < 1.29 is 4.42 Å². The second kappa shape index (κ2) is 7.00. The molecule has 1 unspecified atom stereocenters. The van der Waals surface area contributed by atoms with Gasteiger partial charge in [0.05, 0.1) is 12.0 Å². The van der Waals surface area contributed by atoms with Gasteiger partial charge in [-0.25, -0.2) is 9.97 Å². The summed E-state index contributed by atoms with van der Waals surface area (Å²) < 4.78 is 5.60. The molecule has 26 heavy (non-hydrogen) atoms. The summed E-state index contributed by atoms with van der Waals surface area (Å²) in [5.74, 6) is 2.65. The Bertz CT molecular complexity index is 760. The minimum Gasteiger partial charge on any atom is -0.461 e. The van der Waals surface area contributed by atoms with E-state index in [0.717, 1.165) is 63.0 Å². The lowest BCUT2D eigenvalue weighted by molar-refractivity contribution is 0.133. The molecular formula is C20H27N5O. The summed E-state index contributed by atoms with van der Waals surface area (Å²) in [6.07, 6.45) is 7.70. The van der Waals surface area contributed by atoms with E-state index in [0.29, 0.717) is 6.04 Å². The maximum absolute atomic E-state index is 5.60. The van der Waals surface area contributed by atoms with Crippen LogP contribution in [0.1, 0.15) is 30.5 Å². The van der Waals surface area contributed by atoms with Crippen molar-refractivity contribution >= 4 is 5.82 Å². The number of piperazine rings is 1. The molecule has 0 spiro atoms. The van der Waals surface area contributed by atoms with Crippen molar-refractivity contribution in [2.45, 2.75) is 38.1 Å². The molecule has 138 valence electrons. The van der Waals surface area contributed by atoms with E-state index >= 15 is 0 Å². The van der Waals surface area contributed by atoms with Crippen LogP contribution in [-0.4, -0.2) is 60.2 Å². The Morgan fingerprint density at radius 2 is 2.04 bits per heavy atom. The van der Waals surface area contributed by atoms with Gasteiger partial charge in [-0.1, -0.05) is 6.42 Å². The summed E-state index contributed by atoms with van der Waals surface area (Å²) in [4.78, 5) is 15.1. The van der Waals surface area contributed by atoms with Crippen LogP contribution in [-0.2, 0) is 12.8 Å². The number of rotatable bonds is 2. The average molecular weight is 353 g/mol. The monoisotopic (exact) mass is 353 g/mol. The van der Waals surface area contributed by atoms with Gasteiger partial charge in [-0.3, -0.25) is 4.90 Å². The molecule has 0 bridgehead atoms. The van der Waals surface area contributed by atoms with Crippen LogP contribution >= 0.6 is 0 Å². The molecular weight excluding hydrogens is 326 g/mol. The maximum atomic E-state index is 5.60. The van der Waals surface area contributed by atoms with Crippen molar-refractivity contribution in [1.29, 1.82) is 0 Å². The third-order valence-electron chi connectivity index (χ3n) is 6.04. The second-order valence-corrected chi connectivity index (χ2v) is 7.65. The molecule has 6 heteroatoms. The van der Waals surface area contributed by atoms with Crippen LogP contribution in [0.2, 0.25) is 0 Å². The number of hydrogen-bond acceptors (Lipinski definition) is 6. The molecule has 2 aromatic rings. The van der Waals surface area contributed by atoms with Crippen LogP contribution in [0.25, 0.3) is 11.6 Å². The first kappa shape index (κ1) is 16.3. The fraction of sp³-hybridized carbons (Fsp3) is 0.600. The number of furan rings is 1. The summed E-state index contributed by atoms with van der Waals surface area (Å²) in [6, 6.07) is 4.55. The van der Waals surface area contributed by atoms with Gasteiger partial charge in [0.25, 0.3) is 0 Å². The van der Waals surface area contributed by atoms with Crippen LogP contribution in [0.5, 0.6) is 0 Å². The van der Waals surface area contributed by atoms with Crippen LogP contribution in [0.15, 0.2) is 22.8 Å². The van der Waals surface area contributed by atoms with E-state index in [1.54, 1.807) is 6.26 Å². The standard InChI is InChI=1S/C20H27N5O/c1-2-10-24-11-12-25(14-15(24)4-1)20-16-6-8-21-9-7-17(16)22-19(23-20)18-5-3-13-26-18/h3,5,13,15,21H,1-2,4,6-12,14H2. The van der Waals surface area contributed by atoms with Gasteiger partial charge < -0.3 is 14.6 Å². The summed E-state index contributed by atoms with van der Waals surface area (Å²) in [5.41, 5.74) is 2.53. The molecule has 0 aliphatic carbocycles. The molecule has 2 aromatic heterocycles. The molecule has 2 saturated heterocycles. The third-order valence-corrected chi connectivity index (χ3v) is 6.04. The number of fused-ring (bicyclic) bond motifs is 2. The zero-order valence-corrected chi connectivity index (χ0v) is 15.3. The molecule has 0 aromatic carbocycles. The highest BCUT2D eigenvalue weighted by molar-refractivity contribution is 5.57. The van der Waals surface area contributed by atoms with Crippen molar-refractivity contribution in [3.05, 3.63) is 29.7 Å². The number of nitrogens with zero attached hydrogens (tertiary/aromatic N) is 4. The van der Waals surface area contributed by atoms with Gasteiger partial charge in [-0.2, -0.15) is 0 Å². The van der Waals surface area contributed by atoms with Crippen LogP contribution in [0.3, 0.4) is 0 Å². The number of aromatic nitrogens is 2. The first-order valence-corrected chi connectivity index (χ1v) is 10.0. The van der Waals surface area contributed by atoms with Crippen LogP contribution in [0.4, 0.5) is 5.82 Å². The SMILES string of the molecule is c1coc(-c2nc3c(c(N4CCN5CCCCC5C4)n2)CCNCC3)c1. The smallest absolute Gasteiger partial charge is 0.197 e. The second-order valence-electron chi connectivity index (χ2n) is 7.65. The lowest BCUT2D eigenvalue weighted by Crippen LogP contribution is -2.55. The fourth-order valence-electron chi connectivity index (χ4n) is 4.65. The van der Waals surface area contributed by atoms with Crippen LogP contribution < -0.4 is 10.2 Å². The quantitative estimate of drug-likeness (QED) is 0.892. The zero-order chi connectivity index (χ0) is 17.3. The summed E-state index contributed by atoms with van der Waals surface area (Å²) in [6.45, 7) is 6.56. The molecule has 5 rings (SSSR count). The Morgan fingerprint density at radius 3 is 2.96 bits per heavy atom. The van der Waals surface area contributed by atoms with E-state index in [4.69, 9.17) is 14.4 Å². The van der Waals surface area contributed by atoms with E-state index < -0.39 is 0 Å². The van der Waals surface area contributed by atoms with E-state index in [1.165, 1.54) is 37.1 Å². The number of piperidine rings is 1. The van der Waals surface area contributed by atoms with Gasteiger partial charge in [0.15, 0.2) is 11.6 Å². The lowest BCUT2D eigenvalue weighted by atomic mass is 9.99. The Labute approximate surface area is 154 Å². The summed E-state index contributed by atoms with van der Waals surface area (Å²) >= 11 is 0. The molecule has 0 radical (unpaired) electrons. The zero-order valence-electron chi connectivity index (χ0n) is 15.3. The molecule has 1 atom stereocenters. The first-order chi connectivity index (χ1) is 12.9. The number of hydrogen-bond donors (Lipinski definition) is 1. The van der Waals surface area contributed by atoms with Crippen molar-refractivity contribution in [3.63, 3.8) is 0 Å². The highest BCUT2D eigenvalue weighted by atomic mass is 16.3. The Morgan fingerprint density at radius 1 is 1.08 bits per heavy atom. The highest BCUT2D eigenvalue weighted by Gasteiger charge is 2.31. The maximum Gasteiger partial charge on any atom is 0.197 e. The minimum atomic E-state index is 0.680. The average Bonchev–Trinajstić information content (AvgIpc) is 3.12. The molecule has 5 heterocycles. The molecule has 0 amide bonds.